The summed E-state index contributed by atoms with van der Waals surface area (Å²) in [5.74, 6) is 3.22. The van der Waals surface area contributed by atoms with E-state index in [-0.39, 0.29) is 0 Å². The van der Waals surface area contributed by atoms with Crippen molar-refractivity contribution < 1.29 is 14.2 Å². The second-order valence-electron chi connectivity index (χ2n) is 6.49. The Labute approximate surface area is 144 Å². The Kier molecular flexibility index (Phi) is 5.14. The normalized spacial score (nSPS) is 12.5. The first kappa shape index (κ1) is 16.5. The van der Waals surface area contributed by atoms with Crippen LogP contribution >= 0.6 is 0 Å². The molecular weight excluding hydrogens is 302 g/mol. The average Bonchev–Trinajstić information content (AvgIpc) is 3.06. The van der Waals surface area contributed by atoms with Crippen molar-refractivity contribution in [1.29, 1.82) is 0 Å². The maximum Gasteiger partial charge on any atom is 0.231 e. The fourth-order valence-corrected chi connectivity index (χ4v) is 2.77. The van der Waals surface area contributed by atoms with E-state index in [4.69, 9.17) is 14.2 Å². The third-order valence-corrected chi connectivity index (χ3v) is 4.22. The molecule has 0 aliphatic carbocycles. The van der Waals surface area contributed by atoms with Crippen LogP contribution in [-0.2, 0) is 6.54 Å². The van der Waals surface area contributed by atoms with Crippen molar-refractivity contribution in [3.63, 3.8) is 0 Å². The van der Waals surface area contributed by atoms with Crippen molar-refractivity contribution in [1.82, 2.24) is 0 Å². The van der Waals surface area contributed by atoms with Crippen LogP contribution in [0.15, 0.2) is 42.5 Å². The number of hydrogen-bond donors (Lipinski definition) is 0. The molecular formula is C20H25NO3. The van der Waals surface area contributed by atoms with Crippen LogP contribution in [0.25, 0.3) is 0 Å². The van der Waals surface area contributed by atoms with Gasteiger partial charge in [0.25, 0.3) is 0 Å². The predicted octanol–water partition coefficient (Wildman–Crippen LogP) is 4.48. The summed E-state index contributed by atoms with van der Waals surface area (Å²) in [5.41, 5.74) is 2.42. The van der Waals surface area contributed by atoms with Crippen LogP contribution in [0.4, 0.5) is 5.69 Å². The number of fused-ring (bicyclic) bond motifs is 1. The summed E-state index contributed by atoms with van der Waals surface area (Å²) in [6.07, 6.45) is 1.15. The number of rotatable bonds is 7. The van der Waals surface area contributed by atoms with Crippen LogP contribution < -0.4 is 19.1 Å². The van der Waals surface area contributed by atoms with Crippen LogP contribution in [0.3, 0.4) is 0 Å². The summed E-state index contributed by atoms with van der Waals surface area (Å²) in [6, 6.07) is 14.4. The van der Waals surface area contributed by atoms with Crippen molar-refractivity contribution >= 4 is 5.69 Å². The van der Waals surface area contributed by atoms with Crippen LogP contribution in [0.1, 0.15) is 25.8 Å². The fourth-order valence-electron chi connectivity index (χ4n) is 2.77. The lowest BCUT2D eigenvalue weighted by atomic mass is 10.1. The molecule has 0 atom stereocenters. The van der Waals surface area contributed by atoms with E-state index in [0.717, 1.165) is 36.8 Å². The highest BCUT2D eigenvalue weighted by atomic mass is 16.7. The van der Waals surface area contributed by atoms with Gasteiger partial charge in [0.1, 0.15) is 5.75 Å². The lowest BCUT2D eigenvalue weighted by Gasteiger charge is -2.26. The number of anilines is 1. The van der Waals surface area contributed by atoms with Crippen LogP contribution in [0.2, 0.25) is 0 Å². The van der Waals surface area contributed by atoms with Crippen molar-refractivity contribution in [2.75, 3.05) is 25.3 Å². The minimum atomic E-state index is 0.314. The van der Waals surface area contributed by atoms with E-state index in [0.29, 0.717) is 12.7 Å². The van der Waals surface area contributed by atoms with Gasteiger partial charge in [-0.1, -0.05) is 19.9 Å². The van der Waals surface area contributed by atoms with Gasteiger partial charge in [-0.3, -0.25) is 0 Å². The molecule has 0 fully saturated rings. The molecule has 0 N–H and O–H groups in total. The number of hydrogen-bond acceptors (Lipinski definition) is 4. The number of methoxy groups -OCH3 is 1. The van der Waals surface area contributed by atoms with Gasteiger partial charge in [-0.25, -0.2) is 0 Å². The second kappa shape index (κ2) is 7.47. The number of ether oxygens (including phenoxy) is 3. The predicted molar refractivity (Wildman–Crippen MR) is 96.1 cm³/mol. The molecule has 0 aromatic heterocycles. The highest BCUT2D eigenvalue weighted by Gasteiger charge is 2.15. The molecule has 0 amide bonds. The molecule has 1 aliphatic heterocycles. The van der Waals surface area contributed by atoms with E-state index in [9.17, 15) is 0 Å². The fraction of sp³-hybridized carbons (Fsp3) is 0.400. The molecule has 0 unspecified atom stereocenters. The van der Waals surface area contributed by atoms with Crippen molar-refractivity contribution in [2.45, 2.75) is 26.8 Å². The van der Waals surface area contributed by atoms with Gasteiger partial charge >= 0.3 is 0 Å². The van der Waals surface area contributed by atoms with Crippen molar-refractivity contribution in [3.05, 3.63) is 48.0 Å². The molecule has 0 spiro atoms. The quantitative estimate of drug-likeness (QED) is 0.750. The zero-order valence-corrected chi connectivity index (χ0v) is 14.6. The Morgan fingerprint density at radius 1 is 1.04 bits per heavy atom. The molecule has 2 aromatic rings. The van der Waals surface area contributed by atoms with E-state index in [1.165, 1.54) is 11.3 Å². The summed E-state index contributed by atoms with van der Waals surface area (Å²) in [7, 11) is 1.69. The summed E-state index contributed by atoms with van der Waals surface area (Å²) < 4.78 is 16.2. The van der Waals surface area contributed by atoms with Gasteiger partial charge in [0, 0.05) is 18.8 Å². The molecule has 1 heterocycles. The van der Waals surface area contributed by atoms with Crippen LogP contribution in [-0.4, -0.2) is 20.4 Å². The molecule has 1 aliphatic rings. The third-order valence-electron chi connectivity index (χ3n) is 4.22. The molecule has 4 nitrogen and oxygen atoms in total. The van der Waals surface area contributed by atoms with E-state index in [1.807, 2.05) is 18.2 Å². The average molecular weight is 327 g/mol. The maximum absolute atomic E-state index is 5.50. The SMILES string of the molecule is COc1ccc(N(CCC(C)C)Cc2ccc3c(c2)OCO3)cc1. The highest BCUT2D eigenvalue weighted by Crippen LogP contribution is 2.33. The van der Waals surface area contributed by atoms with E-state index in [2.05, 4.69) is 43.0 Å². The minimum Gasteiger partial charge on any atom is -0.497 e. The summed E-state index contributed by atoms with van der Waals surface area (Å²) in [4.78, 5) is 2.40. The van der Waals surface area contributed by atoms with Gasteiger partial charge in [-0.15, -0.1) is 0 Å². The maximum atomic E-state index is 5.50. The number of benzene rings is 2. The molecule has 0 radical (unpaired) electrons. The van der Waals surface area contributed by atoms with Gasteiger partial charge in [-0.05, 0) is 54.3 Å². The molecule has 24 heavy (non-hydrogen) atoms. The Morgan fingerprint density at radius 3 is 2.50 bits per heavy atom. The molecule has 128 valence electrons. The van der Waals surface area contributed by atoms with Crippen LogP contribution in [0, 0.1) is 5.92 Å². The number of nitrogens with zero attached hydrogens (tertiary/aromatic N) is 1. The van der Waals surface area contributed by atoms with Crippen molar-refractivity contribution in [3.8, 4) is 17.2 Å². The Morgan fingerprint density at radius 2 is 1.79 bits per heavy atom. The Bertz CT molecular complexity index is 667. The van der Waals surface area contributed by atoms with Crippen LogP contribution in [0.5, 0.6) is 17.2 Å². The molecule has 3 rings (SSSR count). The molecule has 0 saturated carbocycles. The second-order valence-corrected chi connectivity index (χ2v) is 6.49. The van der Waals surface area contributed by atoms with E-state index >= 15 is 0 Å². The smallest absolute Gasteiger partial charge is 0.231 e. The van der Waals surface area contributed by atoms with Gasteiger partial charge < -0.3 is 19.1 Å². The first-order valence-electron chi connectivity index (χ1n) is 8.43. The molecule has 0 saturated heterocycles. The Balaban J connectivity index is 1.78. The van der Waals surface area contributed by atoms with E-state index < -0.39 is 0 Å². The minimum absolute atomic E-state index is 0.314. The summed E-state index contributed by atoms with van der Waals surface area (Å²) >= 11 is 0. The van der Waals surface area contributed by atoms with Gasteiger partial charge in [-0.2, -0.15) is 0 Å². The molecule has 4 heteroatoms. The zero-order valence-electron chi connectivity index (χ0n) is 14.6. The van der Waals surface area contributed by atoms with Crippen molar-refractivity contribution in [2.24, 2.45) is 5.92 Å². The first-order valence-corrected chi connectivity index (χ1v) is 8.43. The summed E-state index contributed by atoms with van der Waals surface area (Å²) in [6.45, 7) is 6.68. The largest absolute Gasteiger partial charge is 0.497 e. The Hall–Kier alpha value is -2.36. The lowest BCUT2D eigenvalue weighted by molar-refractivity contribution is 0.174. The monoisotopic (exact) mass is 327 g/mol. The first-order chi connectivity index (χ1) is 11.7. The van der Waals surface area contributed by atoms with Gasteiger partial charge in [0.2, 0.25) is 6.79 Å². The van der Waals surface area contributed by atoms with Gasteiger partial charge in [0.05, 0.1) is 7.11 Å². The standard InChI is InChI=1S/C20H25NO3/c1-15(2)10-11-21(17-5-7-18(22-3)8-6-17)13-16-4-9-19-20(12-16)24-14-23-19/h4-9,12,15H,10-11,13-14H2,1-3H3. The molecule has 0 bridgehead atoms. The highest BCUT2D eigenvalue weighted by molar-refractivity contribution is 5.51. The molecule has 2 aromatic carbocycles. The topological polar surface area (TPSA) is 30.9 Å². The van der Waals surface area contributed by atoms with Gasteiger partial charge in [0.15, 0.2) is 11.5 Å². The third kappa shape index (κ3) is 3.94. The van der Waals surface area contributed by atoms with E-state index in [1.54, 1.807) is 7.11 Å². The lowest BCUT2D eigenvalue weighted by Crippen LogP contribution is -2.24. The zero-order chi connectivity index (χ0) is 16.9. The summed E-state index contributed by atoms with van der Waals surface area (Å²) in [5, 5.41) is 0.